The lowest BCUT2D eigenvalue weighted by Gasteiger charge is -2.14. The molecule has 0 unspecified atom stereocenters. The van der Waals surface area contributed by atoms with Gasteiger partial charge in [0.1, 0.15) is 0 Å². The van der Waals surface area contributed by atoms with E-state index in [4.69, 9.17) is 5.73 Å². The molecule has 0 saturated carbocycles. The van der Waals surface area contributed by atoms with Crippen molar-refractivity contribution >= 4 is 33.0 Å². The normalized spacial score (nSPS) is 11.0. The van der Waals surface area contributed by atoms with Gasteiger partial charge in [-0.05, 0) is 41.2 Å². The van der Waals surface area contributed by atoms with Gasteiger partial charge in [0.15, 0.2) is 0 Å². The molecule has 5 heteroatoms. The summed E-state index contributed by atoms with van der Waals surface area (Å²) >= 11 is 5.22. The summed E-state index contributed by atoms with van der Waals surface area (Å²) < 4.78 is 1.15. The molecule has 0 aliphatic heterocycles. The Kier molecular flexibility index (Phi) is 4.15. The van der Waals surface area contributed by atoms with Gasteiger partial charge in [-0.2, -0.15) is 0 Å². The second-order valence-electron chi connectivity index (χ2n) is 3.99. The van der Waals surface area contributed by atoms with E-state index in [0.717, 1.165) is 23.3 Å². The number of hydrogen-bond donors (Lipinski definition) is 1. The van der Waals surface area contributed by atoms with Gasteiger partial charge in [0.2, 0.25) is 0 Å². The fourth-order valence-corrected chi connectivity index (χ4v) is 3.09. The van der Waals surface area contributed by atoms with Crippen LogP contribution in [0.15, 0.2) is 34.2 Å². The summed E-state index contributed by atoms with van der Waals surface area (Å²) in [6.07, 6.45) is 1.70. The summed E-state index contributed by atoms with van der Waals surface area (Å²) in [6.45, 7) is 1.76. The van der Waals surface area contributed by atoms with Crippen LogP contribution in [0.5, 0.6) is 0 Å². The molecule has 2 heterocycles. The summed E-state index contributed by atoms with van der Waals surface area (Å²) in [5, 5.41) is 2.10. The maximum absolute atomic E-state index is 5.60. The van der Waals surface area contributed by atoms with Gasteiger partial charge in [-0.3, -0.25) is 9.88 Å². The zero-order valence-electron chi connectivity index (χ0n) is 9.56. The molecule has 0 aliphatic carbocycles. The number of rotatable bonds is 4. The molecule has 90 valence electrons. The molecule has 0 spiro atoms. The van der Waals surface area contributed by atoms with Crippen molar-refractivity contribution in [1.29, 1.82) is 0 Å². The van der Waals surface area contributed by atoms with Crippen LogP contribution in [0, 0.1) is 0 Å². The minimum absolute atomic E-state index is 0.707. The average molecular weight is 312 g/mol. The molecule has 2 rings (SSSR count). The van der Waals surface area contributed by atoms with Crippen LogP contribution in [0.3, 0.4) is 0 Å². The molecular weight excluding hydrogens is 298 g/mol. The first-order valence-electron chi connectivity index (χ1n) is 5.25. The highest BCUT2D eigenvalue weighted by molar-refractivity contribution is 9.10. The second-order valence-corrected chi connectivity index (χ2v) is 5.90. The number of pyridine rings is 1. The van der Waals surface area contributed by atoms with Crippen LogP contribution in [0.4, 0.5) is 5.69 Å². The highest BCUT2D eigenvalue weighted by Crippen LogP contribution is 2.21. The van der Waals surface area contributed by atoms with Crippen molar-refractivity contribution in [3.8, 4) is 0 Å². The molecule has 0 radical (unpaired) electrons. The zero-order valence-corrected chi connectivity index (χ0v) is 12.0. The molecular formula is C12H14BrN3S. The minimum Gasteiger partial charge on any atom is -0.397 e. The molecule has 17 heavy (non-hydrogen) atoms. The number of anilines is 1. The summed E-state index contributed by atoms with van der Waals surface area (Å²) in [4.78, 5) is 7.87. The quantitative estimate of drug-likeness (QED) is 0.943. The third kappa shape index (κ3) is 3.80. The van der Waals surface area contributed by atoms with Gasteiger partial charge >= 0.3 is 0 Å². The lowest BCUT2D eigenvalue weighted by molar-refractivity contribution is 0.318. The van der Waals surface area contributed by atoms with Crippen LogP contribution in [0.25, 0.3) is 0 Å². The Morgan fingerprint density at radius 2 is 2.24 bits per heavy atom. The summed E-state index contributed by atoms with van der Waals surface area (Å²) in [5.74, 6) is 0. The van der Waals surface area contributed by atoms with Crippen LogP contribution >= 0.6 is 27.3 Å². The Morgan fingerprint density at radius 1 is 1.41 bits per heavy atom. The molecule has 3 nitrogen and oxygen atoms in total. The monoisotopic (exact) mass is 311 g/mol. The van der Waals surface area contributed by atoms with Crippen LogP contribution in [0.1, 0.15) is 10.6 Å². The van der Waals surface area contributed by atoms with Gasteiger partial charge in [-0.15, -0.1) is 11.3 Å². The maximum atomic E-state index is 5.60. The highest BCUT2D eigenvalue weighted by atomic mass is 79.9. The number of hydrogen-bond acceptors (Lipinski definition) is 4. The topological polar surface area (TPSA) is 42.1 Å². The van der Waals surface area contributed by atoms with Gasteiger partial charge in [0.05, 0.1) is 17.6 Å². The van der Waals surface area contributed by atoms with Crippen molar-refractivity contribution in [2.45, 2.75) is 13.1 Å². The van der Waals surface area contributed by atoms with E-state index >= 15 is 0 Å². The van der Waals surface area contributed by atoms with Gasteiger partial charge in [-0.1, -0.05) is 0 Å². The molecule has 0 bridgehead atoms. The van der Waals surface area contributed by atoms with Crippen molar-refractivity contribution < 1.29 is 0 Å². The molecule has 0 fully saturated rings. The summed E-state index contributed by atoms with van der Waals surface area (Å²) in [7, 11) is 2.09. The Morgan fingerprint density at radius 3 is 2.82 bits per heavy atom. The first-order valence-corrected chi connectivity index (χ1v) is 6.92. The lowest BCUT2D eigenvalue weighted by atomic mass is 10.3. The smallest absolute Gasteiger partial charge is 0.0545 e. The van der Waals surface area contributed by atoms with Gasteiger partial charge in [0.25, 0.3) is 0 Å². The van der Waals surface area contributed by atoms with E-state index in [1.54, 1.807) is 17.5 Å². The number of thiophene rings is 1. The van der Waals surface area contributed by atoms with Crippen molar-refractivity contribution in [3.05, 3.63) is 44.8 Å². The van der Waals surface area contributed by atoms with Crippen LogP contribution < -0.4 is 5.73 Å². The molecule has 0 aliphatic rings. The van der Waals surface area contributed by atoms with Gasteiger partial charge < -0.3 is 5.73 Å². The lowest BCUT2D eigenvalue weighted by Crippen LogP contribution is -2.17. The number of nitrogens with two attached hydrogens (primary N) is 1. The molecule has 2 aromatic rings. The standard InChI is InChI=1S/C12H14BrN3S/c1-16(7-12-4-9(13)8-17-12)6-11-3-2-10(14)5-15-11/h2-5,8H,6-7,14H2,1H3. The molecule has 0 aromatic carbocycles. The van der Waals surface area contributed by atoms with Crippen molar-refractivity contribution in [3.63, 3.8) is 0 Å². The largest absolute Gasteiger partial charge is 0.397 e. The predicted octanol–water partition coefficient (Wildman–Crippen LogP) is 3.12. The van der Waals surface area contributed by atoms with E-state index in [9.17, 15) is 0 Å². The van der Waals surface area contributed by atoms with E-state index < -0.39 is 0 Å². The van der Waals surface area contributed by atoms with Gasteiger partial charge in [0, 0.05) is 27.8 Å². The Labute approximate surface area is 113 Å². The Hall–Kier alpha value is -0.910. The predicted molar refractivity (Wildman–Crippen MR) is 75.8 cm³/mol. The number of halogens is 1. The number of nitrogens with zero attached hydrogens (tertiary/aromatic N) is 2. The highest BCUT2D eigenvalue weighted by Gasteiger charge is 2.04. The SMILES string of the molecule is CN(Cc1ccc(N)cn1)Cc1cc(Br)cs1. The molecule has 2 N–H and O–H groups in total. The fourth-order valence-electron chi connectivity index (χ4n) is 1.56. The summed E-state index contributed by atoms with van der Waals surface area (Å²) in [5.41, 5.74) is 7.35. The van der Waals surface area contributed by atoms with Crippen LogP contribution in [0.2, 0.25) is 0 Å². The summed E-state index contributed by atoms with van der Waals surface area (Å²) in [6, 6.07) is 6.01. The van der Waals surface area contributed by atoms with Crippen molar-refractivity contribution in [1.82, 2.24) is 9.88 Å². The van der Waals surface area contributed by atoms with E-state index in [0.29, 0.717) is 5.69 Å². The molecule has 0 atom stereocenters. The van der Waals surface area contributed by atoms with Crippen molar-refractivity contribution in [2.24, 2.45) is 0 Å². The van der Waals surface area contributed by atoms with E-state index in [1.165, 1.54) is 4.88 Å². The zero-order chi connectivity index (χ0) is 12.3. The van der Waals surface area contributed by atoms with Crippen molar-refractivity contribution in [2.75, 3.05) is 12.8 Å². The second kappa shape index (κ2) is 5.62. The van der Waals surface area contributed by atoms with Crippen LogP contribution in [-0.4, -0.2) is 16.9 Å². The minimum atomic E-state index is 0.707. The Bertz CT molecular complexity index is 481. The van der Waals surface area contributed by atoms with Gasteiger partial charge in [-0.25, -0.2) is 0 Å². The first kappa shape index (κ1) is 12.5. The fraction of sp³-hybridized carbons (Fsp3) is 0.250. The molecule has 0 saturated heterocycles. The third-order valence-corrected chi connectivity index (χ3v) is 4.01. The van der Waals surface area contributed by atoms with E-state index in [1.807, 2.05) is 12.1 Å². The Balaban J connectivity index is 1.93. The molecule has 2 aromatic heterocycles. The maximum Gasteiger partial charge on any atom is 0.0545 e. The molecule has 0 amide bonds. The van der Waals surface area contributed by atoms with E-state index in [-0.39, 0.29) is 0 Å². The number of nitrogen functional groups attached to an aromatic ring is 1. The average Bonchev–Trinajstić information content (AvgIpc) is 2.67. The van der Waals surface area contributed by atoms with E-state index in [2.05, 4.69) is 44.3 Å². The van der Waals surface area contributed by atoms with Crippen LogP contribution in [-0.2, 0) is 13.1 Å². The number of aromatic nitrogens is 1. The first-order chi connectivity index (χ1) is 8.13. The third-order valence-electron chi connectivity index (χ3n) is 2.33.